The molecule has 1 aromatic rings. The summed E-state index contributed by atoms with van der Waals surface area (Å²) in [5, 5.41) is 6.21. The number of carbonyl (C=O) groups excluding carboxylic acids is 1. The van der Waals surface area contributed by atoms with Gasteiger partial charge < -0.3 is 10.6 Å². The average molecular weight is 292 g/mol. The number of nitrogens with zero attached hydrogens (tertiary/aromatic N) is 1. The van der Waals surface area contributed by atoms with Crippen LogP contribution in [0.1, 0.15) is 23.3 Å². The molecule has 2 N–H and O–H groups in total. The molecular weight excluding hydrogens is 273 g/mol. The Morgan fingerprint density at radius 3 is 2.89 bits per heavy atom. The fraction of sp³-hybridized carbons (Fsp3) is 0.500. The van der Waals surface area contributed by atoms with Gasteiger partial charge in [-0.1, -0.05) is 6.07 Å². The molecule has 2 rings (SSSR count). The van der Waals surface area contributed by atoms with E-state index in [9.17, 15) is 4.79 Å². The molecule has 2 heterocycles. The van der Waals surface area contributed by atoms with Crippen molar-refractivity contribution in [3.8, 4) is 0 Å². The molecule has 6 heteroatoms. The van der Waals surface area contributed by atoms with Crippen LogP contribution in [0.4, 0.5) is 0 Å². The first kappa shape index (κ1) is 17.2. The van der Waals surface area contributed by atoms with Crippen LogP contribution in [0.3, 0.4) is 0 Å². The first-order chi connectivity index (χ1) is 7.86. The monoisotopic (exact) mass is 291 g/mol. The molecule has 0 saturated carbocycles. The quantitative estimate of drug-likeness (QED) is 0.887. The van der Waals surface area contributed by atoms with Gasteiger partial charge in [0.05, 0.1) is 0 Å². The highest BCUT2D eigenvalue weighted by atomic mass is 35.5. The van der Waals surface area contributed by atoms with Crippen molar-refractivity contribution in [1.29, 1.82) is 0 Å². The van der Waals surface area contributed by atoms with E-state index in [2.05, 4.69) is 15.6 Å². The second-order valence-electron chi connectivity index (χ2n) is 4.12. The molecule has 1 aromatic heterocycles. The zero-order chi connectivity index (χ0) is 11.2. The minimum atomic E-state index is -0.0773. The summed E-state index contributed by atoms with van der Waals surface area (Å²) in [6.45, 7) is 2.93. The maximum atomic E-state index is 11.6. The van der Waals surface area contributed by atoms with Crippen molar-refractivity contribution in [2.24, 2.45) is 5.92 Å². The first-order valence-corrected chi connectivity index (χ1v) is 5.76. The molecule has 1 saturated heterocycles. The Morgan fingerprint density at radius 2 is 2.28 bits per heavy atom. The second-order valence-corrected chi connectivity index (χ2v) is 4.12. The number of rotatable bonds is 4. The minimum Gasteiger partial charge on any atom is -0.351 e. The van der Waals surface area contributed by atoms with Crippen LogP contribution in [0.5, 0.6) is 0 Å². The molecular formula is C12H19Cl2N3O. The highest BCUT2D eigenvalue weighted by Gasteiger charge is 2.14. The van der Waals surface area contributed by atoms with E-state index in [1.54, 1.807) is 18.3 Å². The summed E-state index contributed by atoms with van der Waals surface area (Å²) >= 11 is 0. The van der Waals surface area contributed by atoms with E-state index in [1.807, 2.05) is 6.07 Å². The van der Waals surface area contributed by atoms with Crippen LogP contribution < -0.4 is 10.6 Å². The molecule has 1 fully saturated rings. The Kier molecular flexibility index (Phi) is 8.71. The molecule has 1 unspecified atom stereocenters. The average Bonchev–Trinajstić information content (AvgIpc) is 2.83. The van der Waals surface area contributed by atoms with Gasteiger partial charge in [0, 0.05) is 12.7 Å². The summed E-state index contributed by atoms with van der Waals surface area (Å²) in [4.78, 5) is 15.6. The molecule has 0 bridgehead atoms. The summed E-state index contributed by atoms with van der Waals surface area (Å²) in [5.74, 6) is 0.635. The van der Waals surface area contributed by atoms with Crippen molar-refractivity contribution in [3.05, 3.63) is 30.1 Å². The first-order valence-electron chi connectivity index (χ1n) is 5.76. The molecule has 4 nitrogen and oxygen atoms in total. The third-order valence-corrected chi connectivity index (χ3v) is 2.90. The predicted molar refractivity (Wildman–Crippen MR) is 76.7 cm³/mol. The summed E-state index contributed by atoms with van der Waals surface area (Å²) in [6.07, 6.45) is 3.90. The van der Waals surface area contributed by atoms with E-state index in [1.165, 1.54) is 6.42 Å². The van der Waals surface area contributed by atoms with Gasteiger partial charge in [-0.05, 0) is 44.0 Å². The van der Waals surface area contributed by atoms with Crippen LogP contribution in [-0.4, -0.2) is 30.5 Å². The fourth-order valence-corrected chi connectivity index (χ4v) is 1.94. The maximum Gasteiger partial charge on any atom is 0.269 e. The van der Waals surface area contributed by atoms with Crippen LogP contribution in [0.2, 0.25) is 0 Å². The van der Waals surface area contributed by atoms with E-state index < -0.39 is 0 Å². The number of amides is 1. The molecule has 0 radical (unpaired) electrons. The highest BCUT2D eigenvalue weighted by molar-refractivity contribution is 5.92. The number of aromatic nitrogens is 1. The Morgan fingerprint density at radius 1 is 1.44 bits per heavy atom. The van der Waals surface area contributed by atoms with E-state index in [-0.39, 0.29) is 30.7 Å². The van der Waals surface area contributed by atoms with Gasteiger partial charge in [0.25, 0.3) is 5.91 Å². The van der Waals surface area contributed by atoms with Gasteiger partial charge in [-0.15, -0.1) is 24.8 Å². The minimum absolute atomic E-state index is 0. The second kappa shape index (κ2) is 9.14. The molecule has 1 atom stereocenters. The smallest absolute Gasteiger partial charge is 0.269 e. The molecule has 0 spiro atoms. The largest absolute Gasteiger partial charge is 0.351 e. The molecule has 1 amide bonds. The molecule has 1 aliphatic heterocycles. The number of carbonyl (C=O) groups is 1. The lowest BCUT2D eigenvalue weighted by Crippen LogP contribution is -2.27. The van der Waals surface area contributed by atoms with Crippen LogP contribution in [0.25, 0.3) is 0 Å². The lowest BCUT2D eigenvalue weighted by Gasteiger charge is -2.08. The van der Waals surface area contributed by atoms with Crippen molar-refractivity contribution in [2.75, 3.05) is 19.6 Å². The number of halogens is 2. The standard InChI is InChI=1S/C12H17N3O.2ClH/c16-12(11-3-1-2-6-14-11)15-8-5-10-4-7-13-9-10;;/h1-3,6,10,13H,4-5,7-9H2,(H,15,16);2*1H. The summed E-state index contributed by atoms with van der Waals surface area (Å²) < 4.78 is 0. The number of hydrogen-bond acceptors (Lipinski definition) is 3. The number of nitrogens with one attached hydrogen (secondary N) is 2. The lowest BCUT2D eigenvalue weighted by atomic mass is 10.1. The molecule has 1 aliphatic rings. The van der Waals surface area contributed by atoms with Gasteiger partial charge in [-0.2, -0.15) is 0 Å². The fourth-order valence-electron chi connectivity index (χ4n) is 1.94. The Bertz CT molecular complexity index is 342. The molecule has 0 aromatic carbocycles. The van der Waals surface area contributed by atoms with Crippen molar-refractivity contribution in [3.63, 3.8) is 0 Å². The van der Waals surface area contributed by atoms with Gasteiger partial charge in [-0.25, -0.2) is 0 Å². The van der Waals surface area contributed by atoms with Crippen LogP contribution in [0, 0.1) is 5.92 Å². The van der Waals surface area contributed by atoms with Gasteiger partial charge in [-0.3, -0.25) is 9.78 Å². The SMILES string of the molecule is Cl.Cl.O=C(NCCC1CCNC1)c1ccccn1. The predicted octanol–water partition coefficient (Wildman–Crippen LogP) is 1.65. The van der Waals surface area contributed by atoms with E-state index >= 15 is 0 Å². The van der Waals surface area contributed by atoms with Crippen LogP contribution >= 0.6 is 24.8 Å². The highest BCUT2D eigenvalue weighted by Crippen LogP contribution is 2.10. The van der Waals surface area contributed by atoms with E-state index in [0.717, 1.165) is 26.1 Å². The number of hydrogen-bond donors (Lipinski definition) is 2. The van der Waals surface area contributed by atoms with E-state index in [4.69, 9.17) is 0 Å². The molecule has 18 heavy (non-hydrogen) atoms. The van der Waals surface area contributed by atoms with Gasteiger partial charge in [0.15, 0.2) is 0 Å². The Hall–Kier alpha value is -0.840. The van der Waals surface area contributed by atoms with Crippen molar-refractivity contribution < 1.29 is 4.79 Å². The lowest BCUT2D eigenvalue weighted by molar-refractivity contribution is 0.0946. The van der Waals surface area contributed by atoms with E-state index in [0.29, 0.717) is 11.6 Å². The van der Waals surface area contributed by atoms with Crippen molar-refractivity contribution >= 4 is 30.7 Å². The number of pyridine rings is 1. The third kappa shape index (κ3) is 5.21. The zero-order valence-electron chi connectivity index (χ0n) is 10.1. The van der Waals surface area contributed by atoms with Gasteiger partial charge >= 0.3 is 0 Å². The Labute approximate surface area is 120 Å². The van der Waals surface area contributed by atoms with Crippen molar-refractivity contribution in [1.82, 2.24) is 15.6 Å². The molecule has 0 aliphatic carbocycles. The van der Waals surface area contributed by atoms with Gasteiger partial charge in [0.1, 0.15) is 5.69 Å². The van der Waals surface area contributed by atoms with Crippen LogP contribution in [-0.2, 0) is 0 Å². The summed E-state index contributed by atoms with van der Waals surface area (Å²) in [6, 6.07) is 5.36. The normalized spacial score (nSPS) is 17.4. The third-order valence-electron chi connectivity index (χ3n) is 2.90. The maximum absolute atomic E-state index is 11.6. The van der Waals surface area contributed by atoms with Crippen LogP contribution in [0.15, 0.2) is 24.4 Å². The van der Waals surface area contributed by atoms with Gasteiger partial charge in [0.2, 0.25) is 0 Å². The zero-order valence-corrected chi connectivity index (χ0v) is 11.7. The molecule has 102 valence electrons. The summed E-state index contributed by atoms with van der Waals surface area (Å²) in [7, 11) is 0. The Balaban J connectivity index is 0.00000144. The topological polar surface area (TPSA) is 54.0 Å². The van der Waals surface area contributed by atoms with Crippen molar-refractivity contribution in [2.45, 2.75) is 12.8 Å². The summed E-state index contributed by atoms with van der Waals surface area (Å²) in [5.41, 5.74) is 0.493.